The molecule has 1 atom stereocenters. The van der Waals surface area contributed by atoms with Gasteiger partial charge in [-0.2, -0.15) is 5.10 Å². The predicted molar refractivity (Wildman–Crippen MR) is 135 cm³/mol. The monoisotopic (exact) mass is 491 g/mol. The van der Waals surface area contributed by atoms with Gasteiger partial charge >= 0.3 is 0 Å². The zero-order valence-electron chi connectivity index (χ0n) is 19.1. The number of aromatic nitrogens is 7. The van der Waals surface area contributed by atoms with Crippen molar-refractivity contribution in [1.82, 2.24) is 34.3 Å². The van der Waals surface area contributed by atoms with Gasteiger partial charge < -0.3 is 4.74 Å². The number of rotatable bonds is 3. The SMILES string of the molecule is Cc1nn(-c2ccccc2)c2c1C(c1ccc(Cl)cc1)c1c(ncn3nc(-c4cccnc4)nc13)O2. The van der Waals surface area contributed by atoms with Crippen LogP contribution >= 0.6 is 11.6 Å². The van der Waals surface area contributed by atoms with E-state index < -0.39 is 0 Å². The predicted octanol–water partition coefficient (Wildman–Crippen LogP) is 5.62. The van der Waals surface area contributed by atoms with Crippen LogP contribution in [0.15, 0.2) is 85.5 Å². The van der Waals surface area contributed by atoms with Crippen LogP contribution in [0.2, 0.25) is 5.02 Å². The fourth-order valence-electron chi connectivity index (χ4n) is 4.73. The standard InChI is InChI=1S/C27H18ClN7O/c1-16-21-22(17-9-11-19(28)12-10-17)23-25-31-24(18-6-5-13-29-14-18)33-34(25)15-30-26(23)36-27(21)35(32-16)20-7-3-2-4-8-20/h2-15,22H,1H3. The lowest BCUT2D eigenvalue weighted by atomic mass is 9.84. The maximum absolute atomic E-state index is 6.45. The summed E-state index contributed by atoms with van der Waals surface area (Å²) in [5.74, 6) is 1.43. The van der Waals surface area contributed by atoms with Crippen LogP contribution in [0.1, 0.15) is 28.3 Å². The molecule has 0 bridgehead atoms. The molecule has 4 aromatic heterocycles. The smallest absolute Gasteiger partial charge is 0.230 e. The Morgan fingerprint density at radius 2 is 1.75 bits per heavy atom. The molecule has 174 valence electrons. The van der Waals surface area contributed by atoms with Crippen molar-refractivity contribution in [2.24, 2.45) is 0 Å². The largest absolute Gasteiger partial charge is 0.420 e. The maximum Gasteiger partial charge on any atom is 0.230 e. The van der Waals surface area contributed by atoms with E-state index in [1.165, 1.54) is 0 Å². The summed E-state index contributed by atoms with van der Waals surface area (Å²) in [6, 6.07) is 21.5. The first-order valence-corrected chi connectivity index (χ1v) is 11.8. The lowest BCUT2D eigenvalue weighted by molar-refractivity contribution is 0.402. The Bertz CT molecular complexity index is 1730. The molecule has 36 heavy (non-hydrogen) atoms. The summed E-state index contributed by atoms with van der Waals surface area (Å²) in [5.41, 5.74) is 6.05. The van der Waals surface area contributed by atoms with Crippen LogP contribution in [0.3, 0.4) is 0 Å². The molecule has 0 aliphatic carbocycles. The van der Waals surface area contributed by atoms with E-state index in [1.807, 2.05) is 78.3 Å². The van der Waals surface area contributed by atoms with E-state index in [2.05, 4.69) is 15.1 Å². The van der Waals surface area contributed by atoms with Crippen molar-refractivity contribution >= 4 is 17.2 Å². The summed E-state index contributed by atoms with van der Waals surface area (Å²) in [6.07, 6.45) is 5.09. The molecular formula is C27H18ClN7O. The van der Waals surface area contributed by atoms with E-state index in [9.17, 15) is 0 Å². The quantitative estimate of drug-likeness (QED) is 0.319. The molecule has 0 amide bonds. The number of nitrogens with zero attached hydrogens (tertiary/aromatic N) is 7. The van der Waals surface area contributed by atoms with Gasteiger partial charge in [0.1, 0.15) is 6.33 Å². The molecule has 2 aromatic carbocycles. The Kier molecular flexibility index (Phi) is 4.62. The van der Waals surface area contributed by atoms with Gasteiger partial charge in [-0.15, -0.1) is 5.10 Å². The second kappa shape index (κ2) is 8.00. The van der Waals surface area contributed by atoms with Gasteiger partial charge in [0.15, 0.2) is 11.5 Å². The Balaban J connectivity index is 1.50. The van der Waals surface area contributed by atoms with Gasteiger partial charge in [0.05, 0.1) is 28.4 Å². The third-order valence-electron chi connectivity index (χ3n) is 6.34. The minimum atomic E-state index is -0.236. The third kappa shape index (κ3) is 3.19. The summed E-state index contributed by atoms with van der Waals surface area (Å²) in [4.78, 5) is 13.8. The van der Waals surface area contributed by atoms with Crippen LogP contribution in [-0.2, 0) is 0 Å². The normalized spacial score (nSPS) is 14.3. The second-order valence-electron chi connectivity index (χ2n) is 8.55. The summed E-state index contributed by atoms with van der Waals surface area (Å²) in [5, 5.41) is 10.2. The highest BCUT2D eigenvalue weighted by Gasteiger charge is 2.38. The lowest BCUT2D eigenvalue weighted by Crippen LogP contribution is -2.16. The topological polar surface area (TPSA) is 83.0 Å². The van der Waals surface area contributed by atoms with Gasteiger partial charge in [0, 0.05) is 23.0 Å². The average molecular weight is 492 g/mol. The van der Waals surface area contributed by atoms with Crippen LogP contribution in [-0.4, -0.2) is 34.3 Å². The summed E-state index contributed by atoms with van der Waals surface area (Å²) >= 11 is 6.25. The molecule has 0 N–H and O–H groups in total. The van der Waals surface area contributed by atoms with Crippen molar-refractivity contribution in [1.29, 1.82) is 0 Å². The molecule has 1 aliphatic rings. The first kappa shape index (κ1) is 20.8. The third-order valence-corrected chi connectivity index (χ3v) is 6.60. The highest BCUT2D eigenvalue weighted by Crippen LogP contribution is 2.49. The average Bonchev–Trinajstić information content (AvgIpc) is 3.50. The van der Waals surface area contributed by atoms with E-state index in [4.69, 9.17) is 26.4 Å². The molecule has 5 heterocycles. The van der Waals surface area contributed by atoms with Crippen molar-refractivity contribution < 1.29 is 4.74 Å². The van der Waals surface area contributed by atoms with Crippen LogP contribution in [0.25, 0.3) is 22.7 Å². The number of hydrogen-bond acceptors (Lipinski definition) is 6. The number of halogens is 1. The van der Waals surface area contributed by atoms with Gasteiger partial charge in [0.2, 0.25) is 11.8 Å². The summed E-state index contributed by atoms with van der Waals surface area (Å²) in [6.45, 7) is 1.99. The number of benzene rings is 2. The van der Waals surface area contributed by atoms with E-state index >= 15 is 0 Å². The summed E-state index contributed by atoms with van der Waals surface area (Å²) in [7, 11) is 0. The van der Waals surface area contributed by atoms with E-state index in [0.717, 1.165) is 33.6 Å². The highest BCUT2D eigenvalue weighted by atomic mass is 35.5. The minimum Gasteiger partial charge on any atom is -0.420 e. The second-order valence-corrected chi connectivity index (χ2v) is 8.98. The number of pyridine rings is 1. The Morgan fingerprint density at radius 1 is 0.917 bits per heavy atom. The highest BCUT2D eigenvalue weighted by molar-refractivity contribution is 6.30. The van der Waals surface area contributed by atoms with Gasteiger partial charge in [-0.1, -0.05) is 41.9 Å². The molecule has 9 heteroatoms. The Hall–Kier alpha value is -4.56. The Labute approximate surface area is 210 Å². The van der Waals surface area contributed by atoms with Crippen molar-refractivity contribution in [2.45, 2.75) is 12.8 Å². The minimum absolute atomic E-state index is 0.236. The molecule has 0 radical (unpaired) electrons. The number of para-hydroxylation sites is 1. The van der Waals surface area contributed by atoms with Crippen molar-refractivity contribution in [2.75, 3.05) is 0 Å². The molecule has 0 fully saturated rings. The molecule has 0 spiro atoms. The molecule has 7 rings (SSSR count). The molecule has 8 nitrogen and oxygen atoms in total. The van der Waals surface area contributed by atoms with Crippen molar-refractivity contribution in [3.8, 4) is 28.8 Å². The molecule has 0 saturated carbocycles. The van der Waals surface area contributed by atoms with E-state index in [0.29, 0.717) is 28.3 Å². The number of hydrogen-bond donors (Lipinski definition) is 0. The fraction of sp³-hybridized carbons (Fsp3) is 0.0741. The molecule has 1 aliphatic heterocycles. The van der Waals surface area contributed by atoms with Crippen LogP contribution in [0.5, 0.6) is 11.8 Å². The molecular weight excluding hydrogens is 474 g/mol. The van der Waals surface area contributed by atoms with Crippen molar-refractivity contribution in [3.05, 3.63) is 113 Å². The summed E-state index contributed by atoms with van der Waals surface area (Å²) < 4.78 is 9.97. The molecule has 0 saturated heterocycles. The molecule has 6 aromatic rings. The van der Waals surface area contributed by atoms with Crippen LogP contribution < -0.4 is 4.74 Å². The zero-order valence-corrected chi connectivity index (χ0v) is 19.8. The fourth-order valence-corrected chi connectivity index (χ4v) is 4.85. The van der Waals surface area contributed by atoms with Gasteiger partial charge in [0.25, 0.3) is 0 Å². The van der Waals surface area contributed by atoms with Gasteiger partial charge in [-0.3, -0.25) is 4.98 Å². The number of fused-ring (bicyclic) bond motifs is 4. The van der Waals surface area contributed by atoms with E-state index in [-0.39, 0.29) is 5.92 Å². The first-order chi connectivity index (χ1) is 17.7. The lowest BCUT2D eigenvalue weighted by Gasteiger charge is -2.26. The molecule has 1 unspecified atom stereocenters. The Morgan fingerprint density at radius 3 is 2.53 bits per heavy atom. The maximum atomic E-state index is 6.45. The zero-order chi connectivity index (χ0) is 24.2. The number of aryl methyl sites for hydroxylation is 1. The van der Waals surface area contributed by atoms with Crippen LogP contribution in [0.4, 0.5) is 0 Å². The number of ether oxygens (including phenoxy) is 1. The van der Waals surface area contributed by atoms with Gasteiger partial charge in [-0.25, -0.2) is 19.2 Å². The first-order valence-electron chi connectivity index (χ1n) is 11.4. The van der Waals surface area contributed by atoms with E-state index in [1.54, 1.807) is 23.2 Å². The van der Waals surface area contributed by atoms with Crippen LogP contribution in [0, 0.1) is 6.92 Å². The van der Waals surface area contributed by atoms with Crippen molar-refractivity contribution in [3.63, 3.8) is 0 Å². The van der Waals surface area contributed by atoms with Gasteiger partial charge in [-0.05, 0) is 48.9 Å².